The minimum Gasteiger partial charge on any atom is -0.464 e. The fourth-order valence-corrected chi connectivity index (χ4v) is 3.53. The van der Waals surface area contributed by atoms with Crippen LogP contribution in [0, 0.1) is 0 Å². The number of Topliss-reactive ketones (excluding diaryl/α,β-unsaturated/α-hetero) is 1. The van der Waals surface area contributed by atoms with E-state index < -0.39 is 5.41 Å². The third-order valence-electron chi connectivity index (χ3n) is 4.82. The molecule has 1 amide bonds. The molecule has 0 bridgehead atoms. The maximum atomic E-state index is 13.0. The lowest BCUT2D eigenvalue weighted by atomic mass is 9.71. The number of nitrogens with one attached hydrogen (secondary N) is 1. The minimum absolute atomic E-state index is 0.0640. The van der Waals surface area contributed by atoms with Crippen LogP contribution >= 0.6 is 0 Å². The van der Waals surface area contributed by atoms with E-state index in [1.807, 2.05) is 55.5 Å². The van der Waals surface area contributed by atoms with Crippen molar-refractivity contribution in [2.24, 2.45) is 0 Å². The molecule has 0 spiro atoms. The van der Waals surface area contributed by atoms with Crippen LogP contribution in [0.3, 0.4) is 0 Å². The van der Waals surface area contributed by atoms with Gasteiger partial charge in [-0.15, -0.1) is 0 Å². The van der Waals surface area contributed by atoms with Gasteiger partial charge < -0.3 is 9.73 Å². The van der Waals surface area contributed by atoms with Crippen molar-refractivity contribution in [3.8, 4) is 0 Å². The van der Waals surface area contributed by atoms with E-state index in [-0.39, 0.29) is 18.1 Å². The van der Waals surface area contributed by atoms with Crippen LogP contribution in [0.1, 0.15) is 30.9 Å². The van der Waals surface area contributed by atoms with E-state index in [1.54, 1.807) is 6.26 Å². The smallest absolute Gasteiger partial charge is 0.240 e. The van der Waals surface area contributed by atoms with Crippen LogP contribution < -0.4 is 5.32 Å². The second-order valence-corrected chi connectivity index (χ2v) is 6.15. The third kappa shape index (κ3) is 1.99. The zero-order valence-corrected chi connectivity index (χ0v) is 13.3. The number of carbonyl (C=O) groups excluding carboxylic acids is 2. The standard InChI is InChI=1S/C20H17NO3/c1-2-15(22)12-20(14-7-8-18-13(11-14)9-10-24-18)16-5-3-4-6-17(16)21-19(20)23/h3-11H,2,12H2,1H3,(H,21,23). The SMILES string of the molecule is CCC(=O)CC1(c2ccc3occc3c2)C(=O)Nc2ccccc21. The number of furan rings is 1. The maximum absolute atomic E-state index is 13.0. The lowest BCUT2D eigenvalue weighted by Crippen LogP contribution is -2.38. The van der Waals surface area contributed by atoms with Crippen molar-refractivity contribution in [2.45, 2.75) is 25.2 Å². The van der Waals surface area contributed by atoms with Crippen LogP contribution in [0.25, 0.3) is 11.0 Å². The first kappa shape index (κ1) is 14.7. The second-order valence-electron chi connectivity index (χ2n) is 6.15. The van der Waals surface area contributed by atoms with Gasteiger partial charge in [-0.05, 0) is 35.4 Å². The Bertz CT molecular complexity index is 956. The van der Waals surface area contributed by atoms with Gasteiger partial charge in [0.15, 0.2) is 0 Å². The van der Waals surface area contributed by atoms with Crippen molar-refractivity contribution < 1.29 is 14.0 Å². The average Bonchev–Trinajstić information content (AvgIpc) is 3.17. The maximum Gasteiger partial charge on any atom is 0.240 e. The largest absolute Gasteiger partial charge is 0.464 e. The second kappa shape index (κ2) is 5.34. The predicted molar refractivity (Wildman–Crippen MR) is 92.0 cm³/mol. The molecule has 4 heteroatoms. The number of benzene rings is 2. The first-order chi connectivity index (χ1) is 11.6. The molecule has 1 aliphatic rings. The Morgan fingerprint density at radius 2 is 2.00 bits per heavy atom. The summed E-state index contributed by atoms with van der Waals surface area (Å²) in [7, 11) is 0. The van der Waals surface area contributed by atoms with Gasteiger partial charge in [-0.1, -0.05) is 31.2 Å². The lowest BCUT2D eigenvalue weighted by molar-refractivity contribution is -0.125. The van der Waals surface area contributed by atoms with Gasteiger partial charge >= 0.3 is 0 Å². The highest BCUT2D eigenvalue weighted by Crippen LogP contribution is 2.46. The Morgan fingerprint density at radius 3 is 2.83 bits per heavy atom. The monoisotopic (exact) mass is 319 g/mol. The average molecular weight is 319 g/mol. The minimum atomic E-state index is -0.977. The van der Waals surface area contributed by atoms with Crippen LogP contribution in [0.2, 0.25) is 0 Å². The molecule has 2 aromatic carbocycles. The molecule has 2 heterocycles. The number of hydrogen-bond donors (Lipinski definition) is 1. The van der Waals surface area contributed by atoms with Crippen molar-refractivity contribution >= 4 is 28.3 Å². The molecule has 0 radical (unpaired) electrons. The van der Waals surface area contributed by atoms with Gasteiger partial charge in [0.1, 0.15) is 16.8 Å². The van der Waals surface area contributed by atoms with E-state index in [4.69, 9.17) is 4.42 Å². The summed E-state index contributed by atoms with van der Waals surface area (Å²) in [4.78, 5) is 25.3. The molecule has 1 atom stereocenters. The molecule has 1 aliphatic heterocycles. The van der Waals surface area contributed by atoms with Crippen molar-refractivity contribution in [1.82, 2.24) is 0 Å². The van der Waals surface area contributed by atoms with Gasteiger partial charge in [-0.2, -0.15) is 0 Å². The van der Waals surface area contributed by atoms with Crippen molar-refractivity contribution in [2.75, 3.05) is 5.32 Å². The van der Waals surface area contributed by atoms with Crippen molar-refractivity contribution in [3.05, 3.63) is 65.9 Å². The Hall–Kier alpha value is -2.88. The molecular weight excluding hydrogens is 302 g/mol. The number of ketones is 1. The zero-order chi connectivity index (χ0) is 16.7. The molecule has 3 aromatic rings. The number of rotatable bonds is 4. The Kier molecular flexibility index (Phi) is 3.27. The summed E-state index contributed by atoms with van der Waals surface area (Å²) in [6, 6.07) is 15.2. The molecule has 1 N–H and O–H groups in total. The Morgan fingerprint density at radius 1 is 1.17 bits per heavy atom. The van der Waals surface area contributed by atoms with Crippen LogP contribution in [-0.4, -0.2) is 11.7 Å². The highest BCUT2D eigenvalue weighted by Gasteiger charge is 2.49. The van der Waals surface area contributed by atoms with E-state index in [0.29, 0.717) is 6.42 Å². The van der Waals surface area contributed by atoms with Crippen LogP contribution in [0.15, 0.2) is 59.2 Å². The van der Waals surface area contributed by atoms with Gasteiger partial charge in [0, 0.05) is 23.9 Å². The summed E-state index contributed by atoms with van der Waals surface area (Å²) in [5, 5.41) is 3.87. The van der Waals surface area contributed by atoms with Crippen LogP contribution in [0.4, 0.5) is 5.69 Å². The molecule has 1 aromatic heterocycles. The number of para-hydroxylation sites is 1. The fourth-order valence-electron chi connectivity index (χ4n) is 3.53. The summed E-state index contributed by atoms with van der Waals surface area (Å²) in [5.41, 5.74) is 2.25. The summed E-state index contributed by atoms with van der Waals surface area (Å²) < 4.78 is 5.40. The normalized spacial score (nSPS) is 19.3. The number of anilines is 1. The van der Waals surface area contributed by atoms with Crippen molar-refractivity contribution in [1.29, 1.82) is 0 Å². The van der Waals surface area contributed by atoms with E-state index >= 15 is 0 Å². The highest BCUT2D eigenvalue weighted by atomic mass is 16.3. The zero-order valence-electron chi connectivity index (χ0n) is 13.3. The molecule has 24 heavy (non-hydrogen) atoms. The van der Waals surface area contributed by atoms with Gasteiger partial charge in [0.05, 0.1) is 6.26 Å². The van der Waals surface area contributed by atoms with Gasteiger partial charge in [-0.3, -0.25) is 9.59 Å². The lowest BCUT2D eigenvalue weighted by Gasteiger charge is -2.27. The first-order valence-corrected chi connectivity index (χ1v) is 8.05. The summed E-state index contributed by atoms with van der Waals surface area (Å²) >= 11 is 0. The number of carbonyl (C=O) groups is 2. The van der Waals surface area contributed by atoms with Crippen molar-refractivity contribution in [3.63, 3.8) is 0 Å². The molecular formula is C20H17NO3. The number of amides is 1. The van der Waals surface area contributed by atoms with E-state index in [0.717, 1.165) is 27.8 Å². The topological polar surface area (TPSA) is 59.3 Å². The first-order valence-electron chi connectivity index (χ1n) is 8.05. The Labute approximate surface area is 139 Å². The molecule has 1 unspecified atom stereocenters. The summed E-state index contributed by atoms with van der Waals surface area (Å²) in [6.07, 6.45) is 2.20. The van der Waals surface area contributed by atoms with Gasteiger partial charge in [0.2, 0.25) is 5.91 Å². The molecule has 0 saturated carbocycles. The van der Waals surface area contributed by atoms with E-state index in [2.05, 4.69) is 5.32 Å². The Balaban J connectivity index is 1.97. The quantitative estimate of drug-likeness (QED) is 0.789. The molecule has 0 saturated heterocycles. The number of fused-ring (bicyclic) bond motifs is 2. The fraction of sp³-hybridized carbons (Fsp3) is 0.200. The van der Waals surface area contributed by atoms with Gasteiger partial charge in [0.25, 0.3) is 0 Å². The van der Waals surface area contributed by atoms with E-state index in [1.165, 1.54) is 0 Å². The number of hydrogen-bond acceptors (Lipinski definition) is 3. The third-order valence-corrected chi connectivity index (χ3v) is 4.82. The van der Waals surface area contributed by atoms with Crippen LogP contribution in [0.5, 0.6) is 0 Å². The molecule has 120 valence electrons. The van der Waals surface area contributed by atoms with Gasteiger partial charge in [-0.25, -0.2) is 0 Å². The van der Waals surface area contributed by atoms with Crippen LogP contribution in [-0.2, 0) is 15.0 Å². The highest BCUT2D eigenvalue weighted by molar-refractivity contribution is 6.11. The summed E-state index contributed by atoms with van der Waals surface area (Å²) in [6.45, 7) is 1.83. The molecule has 4 rings (SSSR count). The summed E-state index contributed by atoms with van der Waals surface area (Å²) in [5.74, 6) is -0.0810. The molecule has 0 fully saturated rings. The molecule has 0 aliphatic carbocycles. The predicted octanol–water partition coefficient (Wildman–Crippen LogP) is 4.04. The molecule has 4 nitrogen and oxygen atoms in total. The van der Waals surface area contributed by atoms with E-state index in [9.17, 15) is 9.59 Å².